The van der Waals surface area contributed by atoms with Crippen molar-refractivity contribution in [1.29, 1.82) is 0 Å². The third-order valence-electron chi connectivity index (χ3n) is 3.21. The lowest BCUT2D eigenvalue weighted by molar-refractivity contribution is -0.0533. The maximum atomic E-state index is 9.99. The number of pyridine rings is 1. The van der Waals surface area contributed by atoms with Crippen molar-refractivity contribution in [2.75, 3.05) is 6.61 Å². The third kappa shape index (κ3) is 2.00. The van der Waals surface area contributed by atoms with Gasteiger partial charge in [-0.1, -0.05) is 12.2 Å². The van der Waals surface area contributed by atoms with E-state index in [0.29, 0.717) is 4.64 Å². The molecule has 3 N–H and O–H groups in total. The van der Waals surface area contributed by atoms with Crippen LogP contribution in [0.1, 0.15) is 6.23 Å². The van der Waals surface area contributed by atoms with E-state index in [0.717, 1.165) is 10.2 Å². The van der Waals surface area contributed by atoms with Crippen molar-refractivity contribution in [3.8, 4) is 0 Å². The summed E-state index contributed by atoms with van der Waals surface area (Å²) in [6, 6.07) is 1.77. The molecule has 6 nitrogen and oxygen atoms in total. The summed E-state index contributed by atoms with van der Waals surface area (Å²) in [7, 11) is 0. The number of hydrogen-bond donors (Lipinski definition) is 3. The lowest BCUT2D eigenvalue weighted by atomic mass is 10.1. The minimum absolute atomic E-state index is 0.356. The van der Waals surface area contributed by atoms with Crippen LogP contribution < -0.4 is 0 Å². The Labute approximate surface area is 117 Å². The van der Waals surface area contributed by atoms with Gasteiger partial charge in [0.1, 0.15) is 23.0 Å². The molecule has 0 spiro atoms. The van der Waals surface area contributed by atoms with Gasteiger partial charge in [-0.25, -0.2) is 4.98 Å². The molecular formula is C11H12N2O4S2. The molecule has 0 saturated carbocycles. The van der Waals surface area contributed by atoms with E-state index in [1.807, 2.05) is 0 Å². The monoisotopic (exact) mass is 300 g/mol. The van der Waals surface area contributed by atoms with Gasteiger partial charge in [0.05, 0.1) is 22.3 Å². The van der Waals surface area contributed by atoms with Crippen molar-refractivity contribution in [3.05, 3.63) is 22.4 Å². The average molecular weight is 300 g/mol. The van der Waals surface area contributed by atoms with Gasteiger partial charge < -0.3 is 24.6 Å². The SMILES string of the molecule is OC[C@H]1O[C@@H](n2ccc3ncsc3c2=S)C(O)[C@H]1O. The molecule has 0 aliphatic carbocycles. The smallest absolute Gasteiger partial charge is 0.164 e. The van der Waals surface area contributed by atoms with E-state index in [9.17, 15) is 10.2 Å². The predicted molar refractivity (Wildman–Crippen MR) is 71.5 cm³/mol. The molecule has 3 heterocycles. The van der Waals surface area contributed by atoms with Crippen LogP contribution in [0.25, 0.3) is 10.2 Å². The fourth-order valence-electron chi connectivity index (χ4n) is 2.18. The van der Waals surface area contributed by atoms with E-state index in [1.165, 1.54) is 11.3 Å². The van der Waals surface area contributed by atoms with Crippen LogP contribution in [0.4, 0.5) is 0 Å². The molecule has 1 aliphatic rings. The van der Waals surface area contributed by atoms with Crippen molar-refractivity contribution in [2.24, 2.45) is 0 Å². The number of rotatable bonds is 2. The Kier molecular flexibility index (Phi) is 3.37. The summed E-state index contributed by atoms with van der Waals surface area (Å²) in [5.41, 5.74) is 2.49. The third-order valence-corrected chi connectivity index (χ3v) is 4.60. The van der Waals surface area contributed by atoms with Crippen LogP contribution in [0.15, 0.2) is 17.8 Å². The molecule has 0 aromatic carbocycles. The number of ether oxygens (including phenoxy) is 1. The Morgan fingerprint density at radius 2 is 2.21 bits per heavy atom. The molecule has 102 valence electrons. The van der Waals surface area contributed by atoms with Gasteiger partial charge in [0, 0.05) is 6.20 Å². The molecule has 0 bridgehead atoms. The van der Waals surface area contributed by atoms with Crippen LogP contribution in [-0.4, -0.2) is 49.8 Å². The summed E-state index contributed by atoms with van der Waals surface area (Å²) < 4.78 is 8.36. The summed E-state index contributed by atoms with van der Waals surface area (Å²) in [5.74, 6) is 0. The molecule has 1 fully saturated rings. The van der Waals surface area contributed by atoms with Gasteiger partial charge in [-0.3, -0.25) is 0 Å². The maximum absolute atomic E-state index is 9.99. The molecule has 2 aromatic heterocycles. The fourth-order valence-corrected chi connectivity index (χ4v) is 3.31. The number of aliphatic hydroxyl groups is 3. The van der Waals surface area contributed by atoms with Gasteiger partial charge in [0.15, 0.2) is 6.23 Å². The van der Waals surface area contributed by atoms with Gasteiger partial charge in [-0.2, -0.15) is 0 Å². The van der Waals surface area contributed by atoms with Gasteiger partial charge in [0.25, 0.3) is 0 Å². The quantitative estimate of drug-likeness (QED) is 0.698. The minimum atomic E-state index is -1.13. The molecule has 3 rings (SSSR count). The average Bonchev–Trinajstić information content (AvgIpc) is 2.98. The first-order valence-corrected chi connectivity index (χ1v) is 6.99. The van der Waals surface area contributed by atoms with E-state index in [4.69, 9.17) is 22.1 Å². The first-order valence-electron chi connectivity index (χ1n) is 5.70. The highest BCUT2D eigenvalue weighted by molar-refractivity contribution is 7.71. The van der Waals surface area contributed by atoms with Crippen LogP contribution >= 0.6 is 23.6 Å². The van der Waals surface area contributed by atoms with E-state index >= 15 is 0 Å². The Bertz CT molecular complexity index is 655. The second-order valence-corrected chi connectivity index (χ2v) is 5.57. The zero-order valence-electron chi connectivity index (χ0n) is 9.71. The van der Waals surface area contributed by atoms with Crippen LogP contribution in [-0.2, 0) is 4.74 Å². The summed E-state index contributed by atoms with van der Waals surface area (Å²) in [5, 5.41) is 28.8. The summed E-state index contributed by atoms with van der Waals surface area (Å²) in [6.07, 6.45) is -2.20. The van der Waals surface area contributed by atoms with Crippen molar-refractivity contribution in [2.45, 2.75) is 24.5 Å². The summed E-state index contributed by atoms with van der Waals surface area (Å²) in [6.45, 7) is -0.356. The molecule has 0 radical (unpaired) electrons. The van der Waals surface area contributed by atoms with Crippen molar-refractivity contribution in [3.63, 3.8) is 0 Å². The highest BCUT2D eigenvalue weighted by atomic mass is 32.1. The zero-order valence-corrected chi connectivity index (χ0v) is 11.3. The molecule has 0 amide bonds. The second-order valence-electron chi connectivity index (χ2n) is 4.32. The van der Waals surface area contributed by atoms with Gasteiger partial charge in [-0.05, 0) is 6.07 Å². The summed E-state index contributed by atoms with van der Waals surface area (Å²) in [4.78, 5) is 4.16. The largest absolute Gasteiger partial charge is 0.394 e. The van der Waals surface area contributed by atoms with Crippen LogP contribution in [0.2, 0.25) is 0 Å². The van der Waals surface area contributed by atoms with Crippen molar-refractivity contribution in [1.82, 2.24) is 9.55 Å². The molecular weight excluding hydrogens is 288 g/mol. The Balaban J connectivity index is 2.05. The van der Waals surface area contributed by atoms with Crippen LogP contribution in [0.5, 0.6) is 0 Å². The normalized spacial score (nSPS) is 31.1. The number of aliphatic hydroxyl groups excluding tert-OH is 3. The number of nitrogens with zero attached hydrogens (tertiary/aromatic N) is 2. The van der Waals surface area contributed by atoms with Gasteiger partial charge in [0.2, 0.25) is 0 Å². The highest BCUT2D eigenvalue weighted by Crippen LogP contribution is 2.31. The second kappa shape index (κ2) is 4.89. The van der Waals surface area contributed by atoms with Crippen molar-refractivity contribution >= 4 is 33.8 Å². The molecule has 8 heteroatoms. The van der Waals surface area contributed by atoms with Gasteiger partial charge in [-0.15, -0.1) is 11.3 Å². The maximum Gasteiger partial charge on any atom is 0.164 e. The number of thiazole rings is 1. The van der Waals surface area contributed by atoms with Crippen molar-refractivity contribution < 1.29 is 20.1 Å². The predicted octanol–water partition coefficient (Wildman–Crippen LogP) is 0.439. The Hall–Kier alpha value is -0.900. The Morgan fingerprint density at radius 3 is 2.89 bits per heavy atom. The molecule has 2 aromatic rings. The van der Waals surface area contributed by atoms with Gasteiger partial charge >= 0.3 is 0 Å². The van der Waals surface area contributed by atoms with E-state index in [-0.39, 0.29) is 6.61 Å². The standard InChI is InChI=1S/C11H12N2O4S2/c14-3-6-7(15)8(16)10(17-6)13-2-1-5-9(11(13)18)19-4-12-5/h1-2,4,6-8,10,14-16H,3H2/t6-,7+,8?,10-/m1/s1. The fraction of sp³-hybridized carbons (Fsp3) is 0.455. The highest BCUT2D eigenvalue weighted by Gasteiger charge is 2.43. The summed E-state index contributed by atoms with van der Waals surface area (Å²) >= 11 is 6.76. The Morgan fingerprint density at radius 1 is 1.42 bits per heavy atom. The van der Waals surface area contributed by atoms with E-state index in [1.54, 1.807) is 22.3 Å². The number of fused-ring (bicyclic) bond motifs is 1. The molecule has 19 heavy (non-hydrogen) atoms. The zero-order chi connectivity index (χ0) is 13.6. The van der Waals surface area contributed by atoms with E-state index in [2.05, 4.69) is 4.98 Å². The number of hydrogen-bond acceptors (Lipinski definition) is 7. The molecule has 1 unspecified atom stereocenters. The molecule has 1 saturated heterocycles. The first-order chi connectivity index (χ1) is 9.13. The lowest BCUT2D eigenvalue weighted by Crippen LogP contribution is -2.33. The van der Waals surface area contributed by atoms with Crippen LogP contribution in [0.3, 0.4) is 0 Å². The topological polar surface area (TPSA) is 87.7 Å². The van der Waals surface area contributed by atoms with E-state index < -0.39 is 24.5 Å². The molecule has 1 aliphatic heterocycles. The first kappa shape index (κ1) is 13.1. The number of aromatic nitrogens is 2. The minimum Gasteiger partial charge on any atom is -0.394 e. The van der Waals surface area contributed by atoms with Crippen LogP contribution in [0, 0.1) is 4.64 Å². The lowest BCUT2D eigenvalue weighted by Gasteiger charge is -2.18. The molecule has 4 atom stereocenters.